The number of hydrogen-bond acceptors (Lipinski definition) is 3. The van der Waals surface area contributed by atoms with Crippen molar-refractivity contribution in [2.24, 2.45) is 0 Å². The van der Waals surface area contributed by atoms with Crippen LogP contribution in [0.5, 0.6) is 0 Å². The predicted octanol–water partition coefficient (Wildman–Crippen LogP) is 2.51. The summed E-state index contributed by atoms with van der Waals surface area (Å²) in [5, 5.41) is 0. The zero-order valence-corrected chi connectivity index (χ0v) is 13.0. The van der Waals surface area contributed by atoms with Gasteiger partial charge in [-0.1, -0.05) is 0 Å². The maximum atomic E-state index is 13.5. The van der Waals surface area contributed by atoms with E-state index in [9.17, 15) is 12.8 Å². The van der Waals surface area contributed by atoms with E-state index < -0.39 is 15.8 Å². The Bertz CT molecular complexity index is 637. The molecule has 1 saturated carbocycles. The predicted molar refractivity (Wildman–Crippen MR) is 77.2 cm³/mol. The Balaban J connectivity index is 1.96. The van der Waals surface area contributed by atoms with Gasteiger partial charge in [-0.15, -0.1) is 11.6 Å². The Hall–Kier alpha value is -0.690. The summed E-state index contributed by atoms with van der Waals surface area (Å²) in [5.74, 6) is -0.533. The molecule has 0 N–H and O–H groups in total. The van der Waals surface area contributed by atoms with E-state index in [4.69, 9.17) is 16.3 Å². The van der Waals surface area contributed by atoms with Gasteiger partial charge in [0.25, 0.3) is 0 Å². The summed E-state index contributed by atoms with van der Waals surface area (Å²) in [4.78, 5) is 0.104. The maximum Gasteiger partial charge on any atom is 0.243 e. The van der Waals surface area contributed by atoms with Gasteiger partial charge in [0, 0.05) is 12.1 Å². The molecule has 1 aromatic carbocycles. The van der Waals surface area contributed by atoms with E-state index in [2.05, 4.69) is 0 Å². The SMILES string of the molecule is O=S(=O)(c1ccc(F)c(CCl)c1)N1CCOC2CCCC21. The van der Waals surface area contributed by atoms with E-state index in [1.54, 1.807) is 0 Å². The molecule has 3 rings (SSSR count). The van der Waals surface area contributed by atoms with Gasteiger partial charge in [0.2, 0.25) is 10.0 Å². The van der Waals surface area contributed by atoms with Crippen LogP contribution >= 0.6 is 11.6 Å². The number of fused-ring (bicyclic) bond motifs is 1. The largest absolute Gasteiger partial charge is 0.375 e. The Kier molecular flexibility index (Phi) is 4.23. The summed E-state index contributed by atoms with van der Waals surface area (Å²) in [5.41, 5.74) is 0.203. The molecule has 0 radical (unpaired) electrons. The molecule has 4 nitrogen and oxygen atoms in total. The summed E-state index contributed by atoms with van der Waals surface area (Å²) < 4.78 is 46.3. The molecule has 2 unspecified atom stereocenters. The number of sulfonamides is 1. The van der Waals surface area contributed by atoms with Crippen LogP contribution in [0.15, 0.2) is 23.1 Å². The molecule has 21 heavy (non-hydrogen) atoms. The Morgan fingerprint density at radius 1 is 1.38 bits per heavy atom. The van der Waals surface area contributed by atoms with Gasteiger partial charge in [0.15, 0.2) is 0 Å². The van der Waals surface area contributed by atoms with E-state index >= 15 is 0 Å². The molecule has 1 saturated heterocycles. The van der Waals surface area contributed by atoms with Crippen LogP contribution in [-0.2, 0) is 20.6 Å². The van der Waals surface area contributed by atoms with Crippen molar-refractivity contribution in [1.29, 1.82) is 0 Å². The van der Waals surface area contributed by atoms with E-state index in [1.165, 1.54) is 16.4 Å². The molecular formula is C14H17ClFNO3S. The van der Waals surface area contributed by atoms with Crippen LogP contribution in [-0.4, -0.2) is 38.0 Å². The van der Waals surface area contributed by atoms with Gasteiger partial charge in [0.05, 0.1) is 29.5 Å². The molecule has 2 atom stereocenters. The first-order valence-electron chi connectivity index (χ1n) is 7.02. The molecule has 1 aromatic rings. The summed E-state index contributed by atoms with van der Waals surface area (Å²) in [6.07, 6.45) is 2.67. The smallest absolute Gasteiger partial charge is 0.243 e. The van der Waals surface area contributed by atoms with Crippen molar-refractivity contribution in [3.63, 3.8) is 0 Å². The van der Waals surface area contributed by atoms with Crippen molar-refractivity contribution in [2.75, 3.05) is 13.2 Å². The second-order valence-electron chi connectivity index (χ2n) is 5.41. The van der Waals surface area contributed by atoms with Crippen LogP contribution < -0.4 is 0 Å². The van der Waals surface area contributed by atoms with Crippen LogP contribution in [0.25, 0.3) is 0 Å². The average molecular weight is 334 g/mol. The van der Waals surface area contributed by atoms with Crippen molar-refractivity contribution >= 4 is 21.6 Å². The van der Waals surface area contributed by atoms with E-state index in [-0.39, 0.29) is 28.5 Å². The zero-order chi connectivity index (χ0) is 15.0. The normalized spacial score (nSPS) is 26.8. The van der Waals surface area contributed by atoms with Crippen LogP contribution in [0.2, 0.25) is 0 Å². The van der Waals surface area contributed by atoms with E-state index in [1.807, 2.05) is 0 Å². The molecule has 1 heterocycles. The summed E-state index contributed by atoms with van der Waals surface area (Å²) in [6, 6.07) is 3.70. The van der Waals surface area contributed by atoms with Gasteiger partial charge in [-0.25, -0.2) is 12.8 Å². The number of rotatable bonds is 3. The Morgan fingerprint density at radius 2 is 2.19 bits per heavy atom. The third-order valence-electron chi connectivity index (χ3n) is 4.20. The lowest BCUT2D eigenvalue weighted by molar-refractivity contribution is -0.0241. The highest BCUT2D eigenvalue weighted by Gasteiger charge is 2.42. The van der Waals surface area contributed by atoms with E-state index in [0.29, 0.717) is 13.2 Å². The first-order chi connectivity index (χ1) is 10.0. The maximum absolute atomic E-state index is 13.5. The molecule has 2 fully saturated rings. The average Bonchev–Trinajstić information content (AvgIpc) is 2.95. The van der Waals surface area contributed by atoms with Crippen molar-refractivity contribution in [2.45, 2.75) is 42.2 Å². The number of benzene rings is 1. The fourth-order valence-electron chi connectivity index (χ4n) is 3.14. The van der Waals surface area contributed by atoms with Gasteiger partial charge in [0.1, 0.15) is 5.82 Å². The highest BCUT2D eigenvalue weighted by atomic mass is 35.5. The van der Waals surface area contributed by atoms with Crippen LogP contribution in [0.4, 0.5) is 4.39 Å². The molecule has 0 spiro atoms. The number of morpholine rings is 1. The minimum absolute atomic E-state index is 0.0125. The first-order valence-corrected chi connectivity index (χ1v) is 8.99. The highest BCUT2D eigenvalue weighted by Crippen LogP contribution is 2.33. The number of nitrogens with zero attached hydrogens (tertiary/aromatic N) is 1. The molecule has 1 aliphatic heterocycles. The lowest BCUT2D eigenvalue weighted by Gasteiger charge is -2.36. The standard InChI is InChI=1S/C14H17ClFNO3S/c15-9-10-8-11(4-5-12(10)16)21(18,19)17-6-7-20-14-3-1-2-13(14)17/h4-5,8,13-14H,1-3,6-7,9H2. The van der Waals surface area contributed by atoms with E-state index in [0.717, 1.165) is 25.3 Å². The number of halogens is 2. The second kappa shape index (κ2) is 5.83. The molecule has 0 amide bonds. The molecule has 0 bridgehead atoms. The number of ether oxygens (including phenoxy) is 1. The summed E-state index contributed by atoms with van der Waals surface area (Å²) in [6.45, 7) is 0.751. The first kappa shape index (κ1) is 15.2. The Labute approximate surface area is 128 Å². The zero-order valence-electron chi connectivity index (χ0n) is 11.5. The lowest BCUT2D eigenvalue weighted by atomic mass is 10.2. The quantitative estimate of drug-likeness (QED) is 0.798. The lowest BCUT2D eigenvalue weighted by Crippen LogP contribution is -2.51. The summed E-state index contributed by atoms with van der Waals surface area (Å²) in [7, 11) is -3.64. The third kappa shape index (κ3) is 2.70. The third-order valence-corrected chi connectivity index (χ3v) is 6.41. The van der Waals surface area contributed by atoms with Gasteiger partial charge in [-0.05, 0) is 37.5 Å². The van der Waals surface area contributed by atoms with Gasteiger partial charge >= 0.3 is 0 Å². The molecule has 2 aliphatic rings. The van der Waals surface area contributed by atoms with Crippen molar-refractivity contribution in [3.8, 4) is 0 Å². The Morgan fingerprint density at radius 3 is 2.95 bits per heavy atom. The number of alkyl halides is 1. The molecule has 0 aromatic heterocycles. The van der Waals surface area contributed by atoms with Crippen molar-refractivity contribution < 1.29 is 17.5 Å². The van der Waals surface area contributed by atoms with Gasteiger partial charge in [-0.3, -0.25) is 0 Å². The van der Waals surface area contributed by atoms with Crippen molar-refractivity contribution in [3.05, 3.63) is 29.6 Å². The summed E-state index contributed by atoms with van der Waals surface area (Å²) >= 11 is 5.66. The van der Waals surface area contributed by atoms with Crippen LogP contribution in [0.3, 0.4) is 0 Å². The molecule has 7 heteroatoms. The minimum atomic E-state index is -3.64. The van der Waals surface area contributed by atoms with Gasteiger partial charge < -0.3 is 4.74 Å². The minimum Gasteiger partial charge on any atom is -0.375 e. The topological polar surface area (TPSA) is 46.6 Å². The van der Waals surface area contributed by atoms with Crippen LogP contribution in [0.1, 0.15) is 24.8 Å². The van der Waals surface area contributed by atoms with Crippen LogP contribution in [0, 0.1) is 5.82 Å². The van der Waals surface area contributed by atoms with Crippen molar-refractivity contribution in [1.82, 2.24) is 4.31 Å². The monoisotopic (exact) mass is 333 g/mol. The fourth-order valence-corrected chi connectivity index (χ4v) is 5.06. The molecule has 1 aliphatic carbocycles. The highest BCUT2D eigenvalue weighted by molar-refractivity contribution is 7.89. The molecular weight excluding hydrogens is 317 g/mol. The second-order valence-corrected chi connectivity index (χ2v) is 7.57. The fraction of sp³-hybridized carbons (Fsp3) is 0.571. The van der Waals surface area contributed by atoms with Gasteiger partial charge in [-0.2, -0.15) is 4.31 Å². The molecule has 116 valence electrons. The number of hydrogen-bond donors (Lipinski definition) is 0.